The summed E-state index contributed by atoms with van der Waals surface area (Å²) in [6, 6.07) is 2.45. The number of aromatic nitrogens is 1. The average molecular weight is 298 g/mol. The van der Waals surface area contributed by atoms with E-state index < -0.39 is 23.5 Å². The largest absolute Gasteiger partial charge is 0.465 e. The van der Waals surface area contributed by atoms with Gasteiger partial charge < -0.3 is 4.74 Å². The number of esters is 1. The summed E-state index contributed by atoms with van der Waals surface area (Å²) in [7, 11) is 1.22. The van der Waals surface area contributed by atoms with E-state index in [0.29, 0.717) is 6.07 Å². The van der Waals surface area contributed by atoms with Crippen molar-refractivity contribution in [2.45, 2.75) is 0 Å². The molecule has 0 aliphatic heterocycles. The zero-order chi connectivity index (χ0) is 14.7. The molecule has 0 atom stereocenters. The fraction of sp³-hybridized carbons (Fsp3) is 0.0833. The van der Waals surface area contributed by atoms with E-state index in [9.17, 15) is 18.4 Å². The first-order valence-electron chi connectivity index (χ1n) is 5.31. The maximum atomic E-state index is 13.0. The van der Waals surface area contributed by atoms with Crippen LogP contribution >= 0.6 is 11.3 Å². The second kappa shape index (κ2) is 5.74. The lowest BCUT2D eigenvalue weighted by Crippen LogP contribution is -2.12. The van der Waals surface area contributed by atoms with Crippen LogP contribution < -0.4 is 5.32 Å². The van der Waals surface area contributed by atoms with E-state index in [0.717, 1.165) is 23.5 Å². The van der Waals surface area contributed by atoms with Crippen LogP contribution in [0, 0.1) is 11.6 Å². The molecule has 8 heteroatoms. The molecule has 20 heavy (non-hydrogen) atoms. The number of thiazole rings is 1. The molecule has 1 amide bonds. The molecule has 1 aromatic heterocycles. The number of rotatable bonds is 3. The van der Waals surface area contributed by atoms with Crippen molar-refractivity contribution in [3.63, 3.8) is 0 Å². The Kier molecular flexibility index (Phi) is 4.04. The highest BCUT2D eigenvalue weighted by atomic mass is 32.1. The van der Waals surface area contributed by atoms with Crippen molar-refractivity contribution in [1.82, 2.24) is 4.98 Å². The van der Waals surface area contributed by atoms with Crippen LogP contribution in [-0.2, 0) is 4.74 Å². The van der Waals surface area contributed by atoms with Crippen molar-refractivity contribution < 1.29 is 23.1 Å². The minimum absolute atomic E-state index is 0.125. The van der Waals surface area contributed by atoms with Gasteiger partial charge >= 0.3 is 5.97 Å². The van der Waals surface area contributed by atoms with Gasteiger partial charge in [-0.05, 0) is 12.1 Å². The van der Waals surface area contributed by atoms with Crippen LogP contribution in [0.3, 0.4) is 0 Å². The number of methoxy groups -OCH3 is 1. The van der Waals surface area contributed by atoms with Gasteiger partial charge in [0, 0.05) is 11.6 Å². The third-order valence-electron chi connectivity index (χ3n) is 2.24. The van der Waals surface area contributed by atoms with Gasteiger partial charge in [-0.25, -0.2) is 18.6 Å². The highest BCUT2D eigenvalue weighted by molar-refractivity contribution is 7.17. The van der Waals surface area contributed by atoms with Crippen LogP contribution in [0.2, 0.25) is 0 Å². The number of carbonyl (C=O) groups is 2. The van der Waals surface area contributed by atoms with Crippen molar-refractivity contribution in [3.05, 3.63) is 46.5 Å². The van der Waals surface area contributed by atoms with Crippen LogP contribution in [-0.4, -0.2) is 24.0 Å². The molecule has 0 aliphatic carbocycles. The second-order valence-electron chi connectivity index (χ2n) is 3.63. The number of nitrogens with zero attached hydrogens (tertiary/aromatic N) is 1. The van der Waals surface area contributed by atoms with Gasteiger partial charge in [0.05, 0.1) is 13.3 Å². The Morgan fingerprint density at radius 2 is 1.90 bits per heavy atom. The smallest absolute Gasteiger partial charge is 0.349 e. The Bertz CT molecular complexity index is 652. The molecule has 0 fully saturated rings. The van der Waals surface area contributed by atoms with Crippen LogP contribution in [0.5, 0.6) is 0 Å². The van der Waals surface area contributed by atoms with Crippen molar-refractivity contribution in [2.75, 3.05) is 12.4 Å². The number of benzene rings is 1. The number of hydrogen-bond donors (Lipinski definition) is 1. The summed E-state index contributed by atoms with van der Waals surface area (Å²) in [4.78, 5) is 27.0. The molecule has 1 heterocycles. The number of halogens is 2. The van der Waals surface area contributed by atoms with Crippen LogP contribution in [0.4, 0.5) is 13.9 Å². The summed E-state index contributed by atoms with van der Waals surface area (Å²) >= 11 is 0.892. The molecule has 2 aromatic rings. The first-order chi connectivity index (χ1) is 9.49. The van der Waals surface area contributed by atoms with Gasteiger partial charge in [-0.2, -0.15) is 0 Å². The molecule has 1 N–H and O–H groups in total. The topological polar surface area (TPSA) is 68.3 Å². The van der Waals surface area contributed by atoms with Crippen molar-refractivity contribution in [3.8, 4) is 0 Å². The van der Waals surface area contributed by atoms with E-state index in [-0.39, 0.29) is 15.6 Å². The minimum atomic E-state index is -0.857. The molecule has 1 aromatic carbocycles. The van der Waals surface area contributed by atoms with Crippen molar-refractivity contribution in [1.29, 1.82) is 0 Å². The molecule has 0 bridgehead atoms. The van der Waals surface area contributed by atoms with Gasteiger partial charge in [0.1, 0.15) is 16.5 Å². The highest BCUT2D eigenvalue weighted by Crippen LogP contribution is 2.20. The van der Waals surface area contributed by atoms with Gasteiger partial charge in [0.15, 0.2) is 5.13 Å². The van der Waals surface area contributed by atoms with E-state index in [1.54, 1.807) is 0 Å². The second-order valence-corrected chi connectivity index (χ2v) is 4.66. The lowest BCUT2D eigenvalue weighted by Gasteiger charge is -2.02. The first-order valence-corrected chi connectivity index (χ1v) is 6.13. The molecule has 0 radical (unpaired) electrons. The molecule has 0 unspecified atom stereocenters. The van der Waals surface area contributed by atoms with E-state index in [2.05, 4.69) is 15.0 Å². The fourth-order valence-electron chi connectivity index (χ4n) is 1.38. The maximum absolute atomic E-state index is 13.0. The van der Waals surface area contributed by atoms with Gasteiger partial charge in [-0.1, -0.05) is 11.3 Å². The fourth-order valence-corrected chi connectivity index (χ4v) is 2.11. The van der Waals surface area contributed by atoms with Crippen molar-refractivity contribution in [2.24, 2.45) is 0 Å². The van der Waals surface area contributed by atoms with Crippen LogP contribution in [0.25, 0.3) is 0 Å². The molecule has 0 saturated heterocycles. The quantitative estimate of drug-likeness (QED) is 0.884. The zero-order valence-electron chi connectivity index (χ0n) is 10.1. The van der Waals surface area contributed by atoms with Gasteiger partial charge in [-0.3, -0.25) is 10.1 Å². The Balaban J connectivity index is 2.15. The monoisotopic (exact) mass is 298 g/mol. The van der Waals surface area contributed by atoms with E-state index in [4.69, 9.17) is 0 Å². The van der Waals surface area contributed by atoms with Gasteiger partial charge in [-0.15, -0.1) is 0 Å². The van der Waals surface area contributed by atoms with E-state index in [1.807, 2.05) is 0 Å². The first kappa shape index (κ1) is 14.1. The zero-order valence-corrected chi connectivity index (χ0v) is 11.0. The molecular weight excluding hydrogens is 290 g/mol. The number of carbonyl (C=O) groups excluding carboxylic acids is 2. The lowest BCUT2D eigenvalue weighted by molar-refractivity contribution is 0.0606. The summed E-state index contributed by atoms with van der Waals surface area (Å²) in [5.74, 6) is -3.02. The third-order valence-corrected chi connectivity index (χ3v) is 3.13. The normalized spacial score (nSPS) is 10.2. The third kappa shape index (κ3) is 3.15. The lowest BCUT2D eigenvalue weighted by atomic mass is 10.2. The van der Waals surface area contributed by atoms with Crippen LogP contribution in [0.1, 0.15) is 20.0 Å². The van der Waals surface area contributed by atoms with Gasteiger partial charge in [0.2, 0.25) is 0 Å². The summed E-state index contributed by atoms with van der Waals surface area (Å²) in [5.41, 5.74) is -0.183. The molecule has 2 rings (SSSR count). The standard InChI is InChI=1S/C12H8F2N2O3S/c1-19-11(18)9-5-15-12(20-9)16-10(17)6-2-7(13)4-8(14)3-6/h2-5H,1H3,(H,15,16,17). The highest BCUT2D eigenvalue weighted by Gasteiger charge is 2.14. The molecule has 0 saturated carbocycles. The maximum Gasteiger partial charge on any atom is 0.349 e. The number of nitrogens with one attached hydrogen (secondary N) is 1. The summed E-state index contributed by atoms with van der Waals surface area (Å²) in [6.45, 7) is 0. The Labute approximate surface area is 116 Å². The Morgan fingerprint density at radius 3 is 2.50 bits per heavy atom. The Hall–Kier alpha value is -2.35. The van der Waals surface area contributed by atoms with Gasteiger partial charge in [0.25, 0.3) is 5.91 Å². The number of ether oxygens (including phenoxy) is 1. The Morgan fingerprint density at radius 1 is 1.25 bits per heavy atom. The van der Waals surface area contributed by atoms with E-state index >= 15 is 0 Å². The minimum Gasteiger partial charge on any atom is -0.465 e. The summed E-state index contributed by atoms with van der Waals surface area (Å²) < 4.78 is 30.5. The number of amides is 1. The summed E-state index contributed by atoms with van der Waals surface area (Å²) in [5, 5.41) is 2.46. The predicted molar refractivity (Wildman–Crippen MR) is 67.8 cm³/mol. The molecule has 104 valence electrons. The molecular formula is C12H8F2N2O3S. The molecule has 5 nitrogen and oxygen atoms in total. The SMILES string of the molecule is COC(=O)c1cnc(NC(=O)c2cc(F)cc(F)c2)s1. The van der Waals surface area contributed by atoms with Crippen molar-refractivity contribution >= 4 is 28.3 Å². The average Bonchev–Trinajstić information content (AvgIpc) is 2.85. The van der Waals surface area contributed by atoms with E-state index in [1.165, 1.54) is 13.3 Å². The summed E-state index contributed by atoms with van der Waals surface area (Å²) in [6.07, 6.45) is 1.23. The predicted octanol–water partition coefficient (Wildman–Crippen LogP) is 2.46. The number of anilines is 1. The molecule has 0 spiro atoms. The number of hydrogen-bond acceptors (Lipinski definition) is 5. The molecule has 0 aliphatic rings. The van der Waals surface area contributed by atoms with Crippen LogP contribution in [0.15, 0.2) is 24.4 Å².